The molecular formula is C35H37ClFN3O5S. The standard InChI is InChI=1S/C35H37ClFN3O5S/c1-25(2)22-38-35(42)32(20-26-10-6-4-7-11-26)39(23-27-14-16-28(37)17-15-27)34(41)24-40(29-18-19-33(45-3)31(36)21-29)46(43,44)30-12-8-5-9-13-30/h4-19,21,25,32H,20,22-24H2,1-3H3,(H,38,42)/t32-/m1/s1. The van der Waals surface area contributed by atoms with Gasteiger partial charge in [0, 0.05) is 19.5 Å². The zero-order valence-corrected chi connectivity index (χ0v) is 27.5. The Labute approximate surface area is 274 Å². The monoisotopic (exact) mass is 665 g/mol. The highest BCUT2D eigenvalue weighted by molar-refractivity contribution is 7.92. The molecule has 0 aliphatic rings. The maximum atomic E-state index is 14.5. The van der Waals surface area contributed by atoms with Crippen LogP contribution in [0.1, 0.15) is 25.0 Å². The molecule has 8 nitrogen and oxygen atoms in total. The minimum absolute atomic E-state index is 0.0321. The molecule has 4 aromatic carbocycles. The zero-order valence-electron chi connectivity index (χ0n) is 25.9. The first kappa shape index (κ1) is 34.5. The first-order valence-electron chi connectivity index (χ1n) is 14.8. The second-order valence-electron chi connectivity index (χ2n) is 11.1. The van der Waals surface area contributed by atoms with Gasteiger partial charge in [0.05, 0.1) is 22.7 Å². The highest BCUT2D eigenvalue weighted by atomic mass is 35.5. The van der Waals surface area contributed by atoms with Crippen LogP contribution >= 0.6 is 11.6 Å². The number of hydrogen-bond donors (Lipinski definition) is 1. The van der Waals surface area contributed by atoms with E-state index in [9.17, 15) is 22.4 Å². The van der Waals surface area contributed by atoms with Crippen molar-refractivity contribution in [1.82, 2.24) is 10.2 Å². The molecule has 1 N–H and O–H groups in total. The second kappa shape index (κ2) is 15.7. The molecule has 0 radical (unpaired) electrons. The van der Waals surface area contributed by atoms with E-state index in [2.05, 4.69) is 5.32 Å². The van der Waals surface area contributed by atoms with E-state index in [0.717, 1.165) is 9.87 Å². The van der Waals surface area contributed by atoms with Crippen LogP contribution in [0.5, 0.6) is 5.75 Å². The maximum Gasteiger partial charge on any atom is 0.264 e. The first-order chi connectivity index (χ1) is 22.0. The summed E-state index contributed by atoms with van der Waals surface area (Å²) in [6.45, 7) is 3.57. The van der Waals surface area contributed by atoms with E-state index >= 15 is 0 Å². The van der Waals surface area contributed by atoms with Gasteiger partial charge in [-0.05, 0) is 59.5 Å². The molecule has 0 spiro atoms. The van der Waals surface area contributed by atoms with Crippen LogP contribution in [0.3, 0.4) is 0 Å². The van der Waals surface area contributed by atoms with E-state index in [1.165, 1.54) is 66.6 Å². The Kier molecular flexibility index (Phi) is 11.8. The third kappa shape index (κ3) is 8.86. The Morgan fingerprint density at radius 2 is 1.52 bits per heavy atom. The van der Waals surface area contributed by atoms with Gasteiger partial charge in [-0.3, -0.25) is 13.9 Å². The van der Waals surface area contributed by atoms with Crippen LogP contribution < -0.4 is 14.4 Å². The Balaban J connectivity index is 1.81. The minimum Gasteiger partial charge on any atom is -0.495 e. The number of benzene rings is 4. The summed E-state index contributed by atoms with van der Waals surface area (Å²) in [6, 6.07) is 26.0. The smallest absolute Gasteiger partial charge is 0.264 e. The molecule has 11 heteroatoms. The number of carbonyl (C=O) groups is 2. The Hall–Kier alpha value is -4.41. The predicted molar refractivity (Wildman–Crippen MR) is 178 cm³/mol. The van der Waals surface area contributed by atoms with Gasteiger partial charge in [0.15, 0.2) is 0 Å². The van der Waals surface area contributed by atoms with Crippen LogP contribution in [-0.4, -0.2) is 51.4 Å². The van der Waals surface area contributed by atoms with E-state index in [0.29, 0.717) is 17.9 Å². The van der Waals surface area contributed by atoms with Crippen molar-refractivity contribution in [2.45, 2.75) is 37.8 Å². The van der Waals surface area contributed by atoms with Gasteiger partial charge < -0.3 is 15.0 Å². The van der Waals surface area contributed by atoms with Crippen LogP contribution in [0.15, 0.2) is 108 Å². The Morgan fingerprint density at radius 1 is 0.891 bits per heavy atom. The van der Waals surface area contributed by atoms with Crippen molar-refractivity contribution < 1.29 is 27.1 Å². The van der Waals surface area contributed by atoms with Crippen molar-refractivity contribution in [2.24, 2.45) is 5.92 Å². The molecule has 4 aromatic rings. The predicted octanol–water partition coefficient (Wildman–Crippen LogP) is 6.10. The first-order valence-corrected chi connectivity index (χ1v) is 16.6. The molecule has 1 atom stereocenters. The van der Waals surface area contributed by atoms with Gasteiger partial charge in [-0.15, -0.1) is 0 Å². The fourth-order valence-electron chi connectivity index (χ4n) is 4.82. The summed E-state index contributed by atoms with van der Waals surface area (Å²) in [4.78, 5) is 29.6. The van der Waals surface area contributed by atoms with Crippen LogP contribution in [0, 0.1) is 11.7 Å². The summed E-state index contributed by atoms with van der Waals surface area (Å²) < 4.78 is 48.2. The topological polar surface area (TPSA) is 96.0 Å². The highest BCUT2D eigenvalue weighted by Gasteiger charge is 2.35. The Morgan fingerprint density at radius 3 is 2.11 bits per heavy atom. The summed E-state index contributed by atoms with van der Waals surface area (Å²) in [5.41, 5.74) is 1.50. The molecule has 2 amide bonds. The van der Waals surface area contributed by atoms with E-state index in [1.807, 2.05) is 44.2 Å². The van der Waals surface area contributed by atoms with E-state index in [4.69, 9.17) is 16.3 Å². The van der Waals surface area contributed by atoms with Gasteiger partial charge in [-0.25, -0.2) is 12.8 Å². The van der Waals surface area contributed by atoms with Gasteiger partial charge in [0.1, 0.15) is 24.2 Å². The molecule has 0 aliphatic carbocycles. The highest BCUT2D eigenvalue weighted by Crippen LogP contribution is 2.32. The molecule has 0 bridgehead atoms. The molecule has 4 rings (SSSR count). The number of nitrogens with zero attached hydrogens (tertiary/aromatic N) is 2. The van der Waals surface area contributed by atoms with Gasteiger partial charge in [0.2, 0.25) is 11.8 Å². The van der Waals surface area contributed by atoms with Gasteiger partial charge in [0.25, 0.3) is 10.0 Å². The molecular weight excluding hydrogens is 629 g/mol. The number of carbonyl (C=O) groups excluding carboxylic acids is 2. The third-order valence-corrected chi connectivity index (χ3v) is 9.34. The van der Waals surface area contributed by atoms with E-state index in [1.54, 1.807) is 18.2 Å². The van der Waals surface area contributed by atoms with Gasteiger partial charge >= 0.3 is 0 Å². The van der Waals surface area contributed by atoms with E-state index < -0.39 is 40.2 Å². The molecule has 0 unspecified atom stereocenters. The third-order valence-electron chi connectivity index (χ3n) is 7.26. The van der Waals surface area contributed by atoms with Crippen molar-refractivity contribution >= 4 is 39.1 Å². The molecule has 0 fully saturated rings. The fourth-order valence-corrected chi connectivity index (χ4v) is 6.50. The van der Waals surface area contributed by atoms with Crippen molar-refractivity contribution in [3.05, 3.63) is 125 Å². The SMILES string of the molecule is COc1ccc(N(CC(=O)N(Cc2ccc(F)cc2)[C@H](Cc2ccccc2)C(=O)NCC(C)C)S(=O)(=O)c2ccccc2)cc1Cl. The second-order valence-corrected chi connectivity index (χ2v) is 13.4. The van der Waals surface area contributed by atoms with Crippen molar-refractivity contribution in [3.8, 4) is 5.75 Å². The molecule has 242 valence electrons. The molecule has 46 heavy (non-hydrogen) atoms. The zero-order chi connectivity index (χ0) is 33.3. The molecule has 0 saturated heterocycles. The van der Waals surface area contributed by atoms with Crippen LogP contribution in [0.4, 0.5) is 10.1 Å². The van der Waals surface area contributed by atoms with Crippen LogP contribution in [0.2, 0.25) is 5.02 Å². The number of rotatable bonds is 14. The van der Waals surface area contributed by atoms with Crippen LogP contribution in [0.25, 0.3) is 0 Å². The van der Waals surface area contributed by atoms with Crippen LogP contribution in [-0.2, 0) is 32.6 Å². The number of methoxy groups -OCH3 is 1. The Bertz CT molecular complexity index is 1720. The lowest BCUT2D eigenvalue weighted by molar-refractivity contribution is -0.140. The maximum absolute atomic E-state index is 14.5. The number of halogens is 2. The number of sulfonamides is 1. The van der Waals surface area contributed by atoms with Gasteiger partial charge in [-0.2, -0.15) is 0 Å². The summed E-state index contributed by atoms with van der Waals surface area (Å²) in [7, 11) is -2.85. The fraction of sp³-hybridized carbons (Fsp3) is 0.257. The lowest BCUT2D eigenvalue weighted by Gasteiger charge is -2.34. The normalized spacial score (nSPS) is 12.0. The lowest BCUT2D eigenvalue weighted by atomic mass is 10.0. The van der Waals surface area contributed by atoms with Gasteiger partial charge in [-0.1, -0.05) is 86.1 Å². The number of nitrogens with one attached hydrogen (secondary N) is 1. The van der Waals surface area contributed by atoms with E-state index in [-0.39, 0.29) is 34.5 Å². The summed E-state index contributed by atoms with van der Waals surface area (Å²) in [6.07, 6.45) is 0.164. The summed E-state index contributed by atoms with van der Waals surface area (Å²) in [5.74, 6) is -1.01. The number of ether oxygens (including phenoxy) is 1. The number of amides is 2. The average molecular weight is 666 g/mol. The van der Waals surface area contributed by atoms with Crippen molar-refractivity contribution in [2.75, 3.05) is 24.5 Å². The summed E-state index contributed by atoms with van der Waals surface area (Å²) in [5, 5.41) is 3.09. The summed E-state index contributed by atoms with van der Waals surface area (Å²) >= 11 is 6.41. The quantitative estimate of drug-likeness (QED) is 0.176. The molecule has 0 aliphatic heterocycles. The number of anilines is 1. The molecule has 0 saturated carbocycles. The minimum atomic E-state index is -4.29. The molecule has 0 heterocycles. The van der Waals surface area contributed by atoms with Crippen molar-refractivity contribution in [1.29, 1.82) is 0 Å². The lowest BCUT2D eigenvalue weighted by Crippen LogP contribution is -2.53. The largest absolute Gasteiger partial charge is 0.495 e. The average Bonchev–Trinajstić information content (AvgIpc) is 3.05. The van der Waals surface area contributed by atoms with Crippen molar-refractivity contribution in [3.63, 3.8) is 0 Å². The number of hydrogen-bond acceptors (Lipinski definition) is 5. The molecule has 0 aromatic heterocycles.